The summed E-state index contributed by atoms with van der Waals surface area (Å²) in [5.41, 5.74) is 5.57. The first kappa shape index (κ1) is 14.4. The number of nitrogens with two attached hydrogens (primary N) is 1. The van der Waals surface area contributed by atoms with Crippen LogP contribution in [0.1, 0.15) is 0 Å². The molecule has 1 rings (SSSR count). The molecule has 0 saturated carbocycles. The van der Waals surface area contributed by atoms with Gasteiger partial charge in [-0.3, -0.25) is 9.35 Å². The van der Waals surface area contributed by atoms with E-state index in [1.165, 1.54) is 12.1 Å². The summed E-state index contributed by atoms with van der Waals surface area (Å²) < 4.78 is 30.1. The third-order valence-corrected chi connectivity index (χ3v) is 2.44. The molecule has 1 aromatic rings. The molecule has 0 saturated heterocycles. The van der Waals surface area contributed by atoms with E-state index in [2.05, 4.69) is 5.32 Å². The Morgan fingerprint density at radius 1 is 1.40 bits per heavy atom. The van der Waals surface area contributed by atoms with E-state index in [0.717, 1.165) is 6.07 Å². The van der Waals surface area contributed by atoms with E-state index in [0.29, 0.717) is 12.1 Å². The SMILES string of the molecule is Nc1cc(NC=O)ccc1S(=O)(=O)O.[Na]. The van der Waals surface area contributed by atoms with Crippen molar-refractivity contribution in [3.05, 3.63) is 18.2 Å². The minimum absolute atomic E-state index is 0. The van der Waals surface area contributed by atoms with E-state index >= 15 is 0 Å². The van der Waals surface area contributed by atoms with Gasteiger partial charge in [-0.2, -0.15) is 8.42 Å². The number of nitrogens with one attached hydrogen (secondary N) is 1. The second-order valence-electron chi connectivity index (χ2n) is 2.49. The second kappa shape index (κ2) is 5.47. The second-order valence-corrected chi connectivity index (χ2v) is 3.88. The monoisotopic (exact) mass is 239 g/mol. The van der Waals surface area contributed by atoms with Crippen molar-refractivity contribution in [1.29, 1.82) is 0 Å². The summed E-state index contributed by atoms with van der Waals surface area (Å²) in [4.78, 5) is 9.67. The smallest absolute Gasteiger partial charge is 0.296 e. The largest absolute Gasteiger partial charge is 0.398 e. The normalized spacial score (nSPS) is 10.2. The molecule has 15 heavy (non-hydrogen) atoms. The zero-order valence-electron chi connectivity index (χ0n) is 7.97. The molecule has 0 aliphatic heterocycles. The van der Waals surface area contributed by atoms with Crippen molar-refractivity contribution >= 4 is 57.5 Å². The van der Waals surface area contributed by atoms with Crippen molar-refractivity contribution in [1.82, 2.24) is 0 Å². The molecule has 0 bridgehead atoms. The third kappa shape index (κ3) is 3.80. The molecule has 8 heteroatoms. The maximum absolute atomic E-state index is 10.7. The number of carbonyl (C=O) groups excluding carboxylic acids is 1. The standard InChI is InChI=1S/C7H8N2O4S.Na/c8-6-3-5(9-4-10)1-2-7(6)14(11,12)13;/h1-4H,8H2,(H,9,10)(H,11,12,13);. The molecule has 77 valence electrons. The Hall–Kier alpha value is -0.600. The van der Waals surface area contributed by atoms with Crippen LogP contribution < -0.4 is 11.1 Å². The fourth-order valence-corrected chi connectivity index (χ4v) is 1.54. The van der Waals surface area contributed by atoms with Crippen LogP contribution >= 0.6 is 0 Å². The first-order valence-electron chi connectivity index (χ1n) is 3.52. The van der Waals surface area contributed by atoms with E-state index in [9.17, 15) is 13.2 Å². The zero-order chi connectivity index (χ0) is 10.8. The Morgan fingerprint density at radius 2 is 2.00 bits per heavy atom. The van der Waals surface area contributed by atoms with Crippen LogP contribution in [0.4, 0.5) is 11.4 Å². The first-order valence-corrected chi connectivity index (χ1v) is 4.96. The Kier molecular flexibility index (Phi) is 5.26. The number of hydrogen-bond acceptors (Lipinski definition) is 4. The van der Waals surface area contributed by atoms with Gasteiger partial charge in [0.2, 0.25) is 6.41 Å². The van der Waals surface area contributed by atoms with E-state index in [1.807, 2.05) is 0 Å². The Morgan fingerprint density at radius 3 is 2.40 bits per heavy atom. The molecule has 0 aliphatic rings. The topological polar surface area (TPSA) is 109 Å². The summed E-state index contributed by atoms with van der Waals surface area (Å²) in [6, 6.07) is 3.65. The Balaban J connectivity index is 0.00000196. The van der Waals surface area contributed by atoms with Crippen LogP contribution in [0.3, 0.4) is 0 Å². The fraction of sp³-hybridized carbons (Fsp3) is 0. The van der Waals surface area contributed by atoms with Gasteiger partial charge in [-0.25, -0.2) is 0 Å². The molecule has 1 amide bonds. The molecule has 1 aromatic carbocycles. The average molecular weight is 239 g/mol. The maximum Gasteiger partial charge on any atom is 0.296 e. The van der Waals surface area contributed by atoms with Crippen LogP contribution in [0.25, 0.3) is 0 Å². The molecule has 0 heterocycles. The van der Waals surface area contributed by atoms with Crippen molar-refractivity contribution in [3.8, 4) is 0 Å². The number of benzene rings is 1. The minimum Gasteiger partial charge on any atom is -0.398 e. The fourth-order valence-electron chi connectivity index (χ4n) is 0.941. The van der Waals surface area contributed by atoms with Gasteiger partial charge in [0.25, 0.3) is 10.1 Å². The summed E-state index contributed by atoms with van der Waals surface area (Å²) in [7, 11) is -4.31. The van der Waals surface area contributed by atoms with Crippen LogP contribution in [0.5, 0.6) is 0 Å². The van der Waals surface area contributed by atoms with Crippen LogP contribution in [0.2, 0.25) is 0 Å². The predicted octanol–water partition coefficient (Wildman–Crippen LogP) is -0.297. The summed E-state index contributed by atoms with van der Waals surface area (Å²) in [6.07, 6.45) is 0.432. The zero-order valence-corrected chi connectivity index (χ0v) is 10.8. The molecule has 1 radical (unpaired) electrons. The molecule has 0 fully saturated rings. The summed E-state index contributed by atoms with van der Waals surface area (Å²) in [5.74, 6) is 0. The van der Waals surface area contributed by atoms with Crippen LogP contribution in [0, 0.1) is 0 Å². The molecule has 0 spiro atoms. The quantitative estimate of drug-likeness (QED) is 0.290. The van der Waals surface area contributed by atoms with Gasteiger partial charge in [0.1, 0.15) is 4.90 Å². The Bertz CT molecular complexity index is 460. The molecule has 4 N–H and O–H groups in total. The minimum atomic E-state index is -4.31. The van der Waals surface area contributed by atoms with Crippen molar-refractivity contribution in [2.45, 2.75) is 4.90 Å². The van der Waals surface area contributed by atoms with Crippen molar-refractivity contribution in [2.75, 3.05) is 11.1 Å². The van der Waals surface area contributed by atoms with E-state index in [1.54, 1.807) is 0 Å². The van der Waals surface area contributed by atoms with Gasteiger partial charge < -0.3 is 11.1 Å². The van der Waals surface area contributed by atoms with E-state index in [4.69, 9.17) is 10.3 Å². The van der Waals surface area contributed by atoms with Gasteiger partial charge in [0.15, 0.2) is 0 Å². The van der Waals surface area contributed by atoms with E-state index < -0.39 is 10.1 Å². The maximum atomic E-state index is 10.7. The molecule has 0 unspecified atom stereocenters. The number of nitrogen functional groups attached to an aromatic ring is 1. The van der Waals surface area contributed by atoms with Crippen molar-refractivity contribution in [2.24, 2.45) is 0 Å². The number of amides is 1. The molecule has 6 nitrogen and oxygen atoms in total. The number of anilines is 2. The third-order valence-electron chi connectivity index (χ3n) is 1.51. The molecule has 0 aliphatic carbocycles. The van der Waals surface area contributed by atoms with Gasteiger partial charge in [-0.15, -0.1) is 0 Å². The first-order chi connectivity index (χ1) is 6.45. The summed E-state index contributed by atoms with van der Waals surface area (Å²) in [6.45, 7) is 0. The van der Waals surface area contributed by atoms with Gasteiger partial charge in [-0.1, -0.05) is 0 Å². The number of carbonyl (C=O) groups is 1. The van der Waals surface area contributed by atoms with Crippen LogP contribution in [-0.4, -0.2) is 48.9 Å². The van der Waals surface area contributed by atoms with Crippen molar-refractivity contribution in [3.63, 3.8) is 0 Å². The van der Waals surface area contributed by atoms with Gasteiger partial charge >= 0.3 is 0 Å². The summed E-state index contributed by atoms with van der Waals surface area (Å²) in [5, 5.41) is 2.29. The van der Waals surface area contributed by atoms with E-state index in [-0.39, 0.29) is 40.1 Å². The van der Waals surface area contributed by atoms with Crippen LogP contribution in [0.15, 0.2) is 23.1 Å². The Labute approximate surface area is 109 Å². The van der Waals surface area contributed by atoms with Crippen molar-refractivity contribution < 1.29 is 17.8 Å². The molecule has 0 atom stereocenters. The number of hydrogen-bond donors (Lipinski definition) is 3. The van der Waals surface area contributed by atoms with Gasteiger partial charge in [-0.05, 0) is 18.2 Å². The average Bonchev–Trinajstić information content (AvgIpc) is 2.02. The van der Waals surface area contributed by atoms with Gasteiger partial charge in [0.05, 0.1) is 5.69 Å². The molecule has 0 aromatic heterocycles. The predicted molar refractivity (Wildman–Crippen MR) is 56.1 cm³/mol. The van der Waals surface area contributed by atoms with Gasteiger partial charge in [0, 0.05) is 35.2 Å². The molecular weight excluding hydrogens is 231 g/mol. The molecular formula is C7H8N2NaO4S. The summed E-state index contributed by atoms with van der Waals surface area (Å²) >= 11 is 0. The van der Waals surface area contributed by atoms with Crippen LogP contribution in [-0.2, 0) is 14.9 Å². The number of rotatable bonds is 3.